The van der Waals surface area contributed by atoms with Gasteiger partial charge < -0.3 is 29.7 Å². The molecule has 4 heterocycles. The van der Waals surface area contributed by atoms with Crippen molar-refractivity contribution < 1.29 is 0 Å². The molecule has 6 nitrogen and oxygen atoms in total. The summed E-state index contributed by atoms with van der Waals surface area (Å²) >= 11 is 0. The molecule has 0 spiro atoms. The van der Waals surface area contributed by atoms with Crippen LogP contribution in [0.15, 0.2) is 218 Å². The smallest absolute Gasteiger partial charge is 0.0634 e. The van der Waals surface area contributed by atoms with E-state index >= 15 is 0 Å². The minimum absolute atomic E-state index is 0.597. The van der Waals surface area contributed by atoms with Gasteiger partial charge in [0.15, 0.2) is 0 Å². The van der Waals surface area contributed by atoms with E-state index in [9.17, 15) is 0 Å². The number of rotatable bonds is 4. The highest BCUT2D eigenvalue weighted by Crippen LogP contribution is 2.43. The molecular formula is C62H40N6. The zero-order valence-corrected chi connectivity index (χ0v) is 36.7. The summed E-state index contributed by atoms with van der Waals surface area (Å²) in [5, 5.41) is 13.7. The van der Waals surface area contributed by atoms with Gasteiger partial charge in [0.05, 0.1) is 55.5 Å². The second kappa shape index (κ2) is 13.6. The van der Waals surface area contributed by atoms with Crippen molar-refractivity contribution in [3.05, 3.63) is 218 Å². The van der Waals surface area contributed by atoms with Gasteiger partial charge in [-0.05, 0) is 108 Å². The van der Waals surface area contributed by atoms with Crippen molar-refractivity contribution in [3.63, 3.8) is 0 Å². The maximum absolute atomic E-state index is 6.94. The number of hydrogen-bond acceptors (Lipinski definition) is 2. The van der Waals surface area contributed by atoms with Crippen molar-refractivity contribution >= 4 is 120 Å². The van der Waals surface area contributed by atoms with Gasteiger partial charge in [0.25, 0.3) is 0 Å². The van der Waals surface area contributed by atoms with Crippen LogP contribution in [0, 0.1) is 0 Å². The largest absolute Gasteiger partial charge is 0.397 e. The monoisotopic (exact) mass is 868 g/mol. The summed E-state index contributed by atoms with van der Waals surface area (Å²) in [4.78, 5) is 0. The SMILES string of the molecule is Nc1c(N)c2ccc(-n3c4ccccc4c4cc(-n5c6ccccc6c6ccccc65)ccc43)cc2c2cc(-n3c4ccccc4c4cc(-n5c6ccccc6c6ccccc65)ccc43)ccc12. The van der Waals surface area contributed by atoms with Gasteiger partial charge in [-0.2, -0.15) is 0 Å². The molecule has 0 radical (unpaired) electrons. The van der Waals surface area contributed by atoms with Gasteiger partial charge in [-0.25, -0.2) is 0 Å². The number of nitrogen functional groups attached to an aromatic ring is 2. The molecule has 0 saturated heterocycles. The van der Waals surface area contributed by atoms with Crippen LogP contribution in [0.5, 0.6) is 0 Å². The normalized spacial score (nSPS) is 12.2. The number of para-hydroxylation sites is 6. The molecule has 0 atom stereocenters. The van der Waals surface area contributed by atoms with Crippen LogP contribution in [0.25, 0.3) is 132 Å². The lowest BCUT2D eigenvalue weighted by Gasteiger charge is -2.16. The van der Waals surface area contributed by atoms with E-state index in [4.69, 9.17) is 11.5 Å². The Balaban J connectivity index is 0.930. The molecule has 0 aliphatic carbocycles. The third kappa shape index (κ3) is 4.95. The van der Waals surface area contributed by atoms with Gasteiger partial charge in [-0.3, -0.25) is 0 Å². The molecule has 0 aliphatic rings. The summed E-state index contributed by atoms with van der Waals surface area (Å²) in [7, 11) is 0. The first-order valence-electron chi connectivity index (χ1n) is 23.2. The third-order valence-electron chi connectivity index (χ3n) is 14.7. The van der Waals surface area contributed by atoms with E-state index < -0.39 is 0 Å². The Morgan fingerprint density at radius 2 is 0.412 bits per heavy atom. The van der Waals surface area contributed by atoms with Crippen LogP contribution in [-0.2, 0) is 0 Å². The van der Waals surface area contributed by atoms with Crippen molar-refractivity contribution in [3.8, 4) is 22.7 Å². The van der Waals surface area contributed by atoms with E-state index in [-0.39, 0.29) is 0 Å². The van der Waals surface area contributed by atoms with E-state index in [1.54, 1.807) is 0 Å². The molecular weight excluding hydrogens is 829 g/mol. The molecule has 0 aliphatic heterocycles. The van der Waals surface area contributed by atoms with Crippen molar-refractivity contribution in [2.75, 3.05) is 11.5 Å². The van der Waals surface area contributed by atoms with Crippen LogP contribution in [0.4, 0.5) is 11.4 Å². The van der Waals surface area contributed by atoms with Crippen LogP contribution in [-0.4, -0.2) is 18.3 Å². The van der Waals surface area contributed by atoms with E-state index in [2.05, 4.69) is 237 Å². The Bertz CT molecular complexity index is 4250. The van der Waals surface area contributed by atoms with Crippen LogP contribution >= 0.6 is 0 Å². The second-order valence-corrected chi connectivity index (χ2v) is 18.1. The Morgan fingerprint density at radius 1 is 0.191 bits per heavy atom. The minimum atomic E-state index is 0.597. The highest BCUT2D eigenvalue weighted by molar-refractivity contribution is 6.21. The highest BCUT2D eigenvalue weighted by Gasteiger charge is 2.21. The summed E-state index contributed by atoms with van der Waals surface area (Å²) in [6.45, 7) is 0. The van der Waals surface area contributed by atoms with Crippen LogP contribution < -0.4 is 11.5 Å². The second-order valence-electron chi connectivity index (χ2n) is 18.1. The maximum Gasteiger partial charge on any atom is 0.0634 e. The zero-order valence-electron chi connectivity index (χ0n) is 36.7. The van der Waals surface area contributed by atoms with Gasteiger partial charge in [-0.1, -0.05) is 121 Å². The van der Waals surface area contributed by atoms with Gasteiger partial charge in [0.2, 0.25) is 0 Å². The number of fused-ring (bicyclic) bond motifs is 15. The summed E-state index contributed by atoms with van der Waals surface area (Å²) in [5.74, 6) is 0. The van der Waals surface area contributed by atoms with E-state index in [0.717, 1.165) is 66.4 Å². The lowest BCUT2D eigenvalue weighted by molar-refractivity contribution is 1.17. The first kappa shape index (κ1) is 37.0. The van der Waals surface area contributed by atoms with Gasteiger partial charge >= 0.3 is 0 Å². The first-order valence-corrected chi connectivity index (χ1v) is 23.2. The molecule has 4 aromatic heterocycles. The standard InChI is InChI=1S/C62H40N6/c63-61-47-29-25-37(67-57-23-11-5-17-45(57)51-35-39(27-31-59(51)67)65-53-19-7-1-13-41(53)42-14-2-8-20-54(42)65)33-49(47)50-34-38(26-30-48(50)62(61)64)68-58-24-12-6-18-46(58)52-36-40(28-32-60(52)68)66-55-21-9-3-15-43(55)44-16-4-10-22-56(44)66/h1-36H,63-64H2. The van der Waals surface area contributed by atoms with E-state index in [0.29, 0.717) is 11.4 Å². The fourth-order valence-corrected chi connectivity index (χ4v) is 11.7. The van der Waals surface area contributed by atoms with Gasteiger partial charge in [-0.15, -0.1) is 0 Å². The molecule has 0 saturated carbocycles. The maximum atomic E-state index is 6.94. The molecule has 0 bridgehead atoms. The molecule has 4 N–H and O–H groups in total. The molecule has 11 aromatic carbocycles. The summed E-state index contributed by atoms with van der Waals surface area (Å²) in [5.41, 5.74) is 28.8. The minimum Gasteiger partial charge on any atom is -0.397 e. The molecule has 0 amide bonds. The number of hydrogen-bond donors (Lipinski definition) is 2. The number of benzene rings is 11. The van der Waals surface area contributed by atoms with E-state index in [1.807, 2.05) is 0 Å². The van der Waals surface area contributed by atoms with Gasteiger partial charge in [0, 0.05) is 76.6 Å². The molecule has 68 heavy (non-hydrogen) atoms. The summed E-state index contributed by atoms with van der Waals surface area (Å²) < 4.78 is 9.57. The Kier molecular flexibility index (Phi) is 7.42. The predicted octanol–water partition coefficient (Wildman–Crippen LogP) is 15.5. The third-order valence-corrected chi connectivity index (χ3v) is 14.7. The van der Waals surface area contributed by atoms with Crippen LogP contribution in [0.2, 0.25) is 0 Å². The fraction of sp³-hybridized carbons (Fsp3) is 0. The molecule has 0 fully saturated rings. The molecule has 0 unspecified atom stereocenters. The number of nitrogens with zero attached hydrogens (tertiary/aromatic N) is 4. The van der Waals surface area contributed by atoms with Crippen molar-refractivity contribution in [1.82, 2.24) is 18.3 Å². The number of nitrogens with two attached hydrogens (primary N) is 2. The van der Waals surface area contributed by atoms with Crippen molar-refractivity contribution in [2.45, 2.75) is 0 Å². The fourth-order valence-electron chi connectivity index (χ4n) is 11.7. The topological polar surface area (TPSA) is 71.8 Å². The Labute approximate surface area is 389 Å². The predicted molar refractivity (Wildman–Crippen MR) is 288 cm³/mol. The molecule has 15 aromatic rings. The van der Waals surface area contributed by atoms with Gasteiger partial charge in [0.1, 0.15) is 0 Å². The lowest BCUT2D eigenvalue weighted by Crippen LogP contribution is -2.01. The van der Waals surface area contributed by atoms with E-state index in [1.165, 1.54) is 65.2 Å². The van der Waals surface area contributed by atoms with Crippen LogP contribution in [0.3, 0.4) is 0 Å². The van der Waals surface area contributed by atoms with Crippen molar-refractivity contribution in [1.29, 1.82) is 0 Å². The van der Waals surface area contributed by atoms with Crippen LogP contribution in [0.1, 0.15) is 0 Å². The average molecular weight is 869 g/mol. The molecule has 15 rings (SSSR count). The number of aromatic nitrogens is 4. The first-order chi connectivity index (χ1) is 33.6. The quantitative estimate of drug-likeness (QED) is 0.105. The zero-order chi connectivity index (χ0) is 44.8. The summed E-state index contributed by atoms with van der Waals surface area (Å²) in [6, 6.07) is 79.3. The van der Waals surface area contributed by atoms with Crippen molar-refractivity contribution in [2.24, 2.45) is 0 Å². The number of anilines is 2. The lowest BCUT2D eigenvalue weighted by atomic mass is 9.97. The Morgan fingerprint density at radius 3 is 0.706 bits per heavy atom. The Hall–Kier alpha value is -9.26. The summed E-state index contributed by atoms with van der Waals surface area (Å²) in [6.07, 6.45) is 0. The molecule has 6 heteroatoms. The highest BCUT2D eigenvalue weighted by atomic mass is 15.0. The molecule has 318 valence electrons. The average Bonchev–Trinajstić information content (AvgIpc) is 4.12.